The van der Waals surface area contributed by atoms with Crippen molar-refractivity contribution < 1.29 is 9.53 Å². The number of rotatable bonds is 11. The van der Waals surface area contributed by atoms with Gasteiger partial charge in [0.15, 0.2) is 5.82 Å². The third-order valence-corrected chi connectivity index (χ3v) is 8.47. The van der Waals surface area contributed by atoms with Crippen molar-refractivity contribution in [3.05, 3.63) is 100.0 Å². The van der Waals surface area contributed by atoms with Crippen LogP contribution in [0.4, 0.5) is 17.2 Å². The molecule has 4 aromatic rings. The largest absolute Gasteiger partial charge is 0.492 e. The number of aryl methyl sites for hydroxylation is 2. The number of carbonyl (C=O) groups is 1. The standard InChI is InChI=1S/C36H43N5O3/c1-5-6-12-26-13-7-8-15-31(26)35(42)39-32-17-11-16-30(25(32)2)33-23-41(4)36(43)34(38-33)37-27-18-20-29(21-19-27)44-24-28-14-9-10-22-40(28)3/h7-8,11,13,15-21,23,28H,5-6,9-10,12,14,22,24H2,1-4H3,(H,37,38)(H,39,42). The SMILES string of the molecule is CCCCc1ccccc1C(=O)Nc1cccc(-c2cn(C)c(=O)c(Nc3ccc(OCC4CCCCN4C)cc3)n2)c1C. The molecule has 3 aromatic carbocycles. The number of amides is 1. The van der Waals surface area contributed by atoms with Crippen molar-refractivity contribution in [2.75, 3.05) is 30.8 Å². The van der Waals surface area contributed by atoms with E-state index in [9.17, 15) is 9.59 Å². The van der Waals surface area contributed by atoms with Gasteiger partial charge in [-0.1, -0.05) is 50.1 Å². The van der Waals surface area contributed by atoms with E-state index in [2.05, 4.69) is 29.5 Å². The Bertz CT molecular complexity index is 1650. The number of aromatic nitrogens is 2. The Morgan fingerprint density at radius 2 is 1.82 bits per heavy atom. The maximum Gasteiger partial charge on any atom is 0.293 e. The van der Waals surface area contributed by atoms with E-state index in [4.69, 9.17) is 9.72 Å². The summed E-state index contributed by atoms with van der Waals surface area (Å²) >= 11 is 0. The van der Waals surface area contributed by atoms with E-state index in [-0.39, 0.29) is 17.3 Å². The maximum atomic E-state index is 13.3. The number of likely N-dealkylation sites (N-methyl/N-ethyl adjacent to an activating group) is 1. The number of likely N-dealkylation sites (tertiary alicyclic amines) is 1. The van der Waals surface area contributed by atoms with Crippen LogP contribution >= 0.6 is 0 Å². The third kappa shape index (κ3) is 7.37. The molecule has 230 valence electrons. The minimum absolute atomic E-state index is 0.133. The Kier molecular flexibility index (Phi) is 10.1. The van der Waals surface area contributed by atoms with E-state index < -0.39 is 0 Å². The van der Waals surface area contributed by atoms with Crippen LogP contribution in [0, 0.1) is 6.92 Å². The zero-order valence-corrected chi connectivity index (χ0v) is 26.2. The number of unbranched alkanes of at least 4 members (excludes halogenated alkanes) is 1. The molecule has 1 fully saturated rings. The van der Waals surface area contributed by atoms with Crippen LogP contribution in [0.2, 0.25) is 0 Å². The molecular formula is C36H43N5O3. The van der Waals surface area contributed by atoms with E-state index in [0.29, 0.717) is 29.6 Å². The van der Waals surface area contributed by atoms with Gasteiger partial charge in [-0.25, -0.2) is 4.98 Å². The average molecular weight is 594 g/mol. The van der Waals surface area contributed by atoms with Gasteiger partial charge in [0.1, 0.15) is 12.4 Å². The predicted molar refractivity (Wildman–Crippen MR) is 178 cm³/mol. The molecule has 0 radical (unpaired) electrons. The molecule has 1 aliphatic heterocycles. The van der Waals surface area contributed by atoms with Crippen LogP contribution in [0.15, 0.2) is 77.7 Å². The van der Waals surface area contributed by atoms with Crippen molar-refractivity contribution in [1.29, 1.82) is 0 Å². The summed E-state index contributed by atoms with van der Waals surface area (Å²) in [6.45, 7) is 5.88. The zero-order valence-electron chi connectivity index (χ0n) is 26.2. The van der Waals surface area contributed by atoms with Crippen LogP contribution in [0.5, 0.6) is 5.75 Å². The lowest BCUT2D eigenvalue weighted by atomic mass is 10.0. The second kappa shape index (κ2) is 14.4. The summed E-state index contributed by atoms with van der Waals surface area (Å²) in [5.74, 6) is 0.888. The lowest BCUT2D eigenvalue weighted by Crippen LogP contribution is -2.40. The van der Waals surface area contributed by atoms with Gasteiger partial charge in [0.05, 0.1) is 5.69 Å². The third-order valence-electron chi connectivity index (χ3n) is 8.47. The number of ether oxygens (including phenoxy) is 1. The van der Waals surface area contributed by atoms with Crippen molar-refractivity contribution in [3.8, 4) is 17.0 Å². The topological polar surface area (TPSA) is 88.5 Å². The van der Waals surface area contributed by atoms with Crippen LogP contribution in [0.1, 0.15) is 60.5 Å². The molecule has 1 amide bonds. The fourth-order valence-corrected chi connectivity index (χ4v) is 5.70. The fourth-order valence-electron chi connectivity index (χ4n) is 5.70. The molecule has 1 aliphatic rings. The first-order chi connectivity index (χ1) is 21.3. The molecule has 0 bridgehead atoms. The number of carbonyl (C=O) groups excluding carboxylic acids is 1. The summed E-state index contributed by atoms with van der Waals surface area (Å²) < 4.78 is 7.59. The Hall–Kier alpha value is -4.43. The first kappa shape index (κ1) is 31.0. The number of benzene rings is 3. The Labute approximate surface area is 260 Å². The molecule has 44 heavy (non-hydrogen) atoms. The molecule has 8 heteroatoms. The van der Waals surface area contributed by atoms with E-state index in [1.165, 1.54) is 17.4 Å². The van der Waals surface area contributed by atoms with Crippen LogP contribution in [0.3, 0.4) is 0 Å². The van der Waals surface area contributed by atoms with Gasteiger partial charge < -0.3 is 24.8 Å². The van der Waals surface area contributed by atoms with E-state index in [1.807, 2.05) is 73.7 Å². The van der Waals surface area contributed by atoms with Gasteiger partial charge in [-0.05, 0) is 93.7 Å². The summed E-state index contributed by atoms with van der Waals surface area (Å²) in [6, 6.07) is 21.6. The minimum Gasteiger partial charge on any atom is -0.492 e. The van der Waals surface area contributed by atoms with Gasteiger partial charge in [0.25, 0.3) is 11.5 Å². The molecule has 2 heterocycles. The number of nitrogens with one attached hydrogen (secondary N) is 2. The monoisotopic (exact) mass is 593 g/mol. The van der Waals surface area contributed by atoms with E-state index in [1.54, 1.807) is 13.2 Å². The van der Waals surface area contributed by atoms with Gasteiger partial charge in [-0.15, -0.1) is 0 Å². The van der Waals surface area contributed by atoms with Gasteiger partial charge in [-0.2, -0.15) is 0 Å². The smallest absolute Gasteiger partial charge is 0.293 e. The minimum atomic E-state index is -0.236. The summed E-state index contributed by atoms with van der Waals surface area (Å²) in [5, 5.41) is 6.30. The first-order valence-corrected chi connectivity index (χ1v) is 15.6. The van der Waals surface area contributed by atoms with Crippen LogP contribution in [0.25, 0.3) is 11.3 Å². The van der Waals surface area contributed by atoms with Gasteiger partial charge >= 0.3 is 0 Å². The summed E-state index contributed by atoms with van der Waals surface area (Å²) in [4.78, 5) is 33.5. The fraction of sp³-hybridized carbons (Fsp3) is 0.361. The molecular weight excluding hydrogens is 550 g/mol. The highest BCUT2D eigenvalue weighted by Crippen LogP contribution is 2.29. The molecule has 0 spiro atoms. The van der Waals surface area contributed by atoms with Crippen molar-refractivity contribution in [2.24, 2.45) is 7.05 Å². The van der Waals surface area contributed by atoms with E-state index >= 15 is 0 Å². The number of hydrogen-bond donors (Lipinski definition) is 2. The molecule has 1 aromatic heterocycles. The normalized spacial score (nSPS) is 15.1. The van der Waals surface area contributed by atoms with Crippen molar-refractivity contribution in [1.82, 2.24) is 14.5 Å². The summed E-state index contributed by atoms with van der Waals surface area (Å²) in [7, 11) is 3.87. The first-order valence-electron chi connectivity index (χ1n) is 15.6. The highest BCUT2D eigenvalue weighted by molar-refractivity contribution is 6.06. The van der Waals surface area contributed by atoms with Gasteiger partial charge in [-0.3, -0.25) is 9.59 Å². The van der Waals surface area contributed by atoms with Gasteiger partial charge in [0.2, 0.25) is 0 Å². The van der Waals surface area contributed by atoms with Crippen LogP contribution in [-0.4, -0.2) is 46.6 Å². The second-order valence-electron chi connectivity index (χ2n) is 11.7. The highest BCUT2D eigenvalue weighted by atomic mass is 16.5. The zero-order chi connectivity index (χ0) is 31.1. The summed E-state index contributed by atoms with van der Waals surface area (Å²) in [6.07, 6.45) is 8.34. The number of hydrogen-bond acceptors (Lipinski definition) is 6. The Morgan fingerprint density at radius 3 is 2.59 bits per heavy atom. The quantitative estimate of drug-likeness (QED) is 0.196. The Balaban J connectivity index is 1.32. The number of nitrogens with zero attached hydrogens (tertiary/aromatic N) is 3. The highest BCUT2D eigenvalue weighted by Gasteiger charge is 2.20. The molecule has 0 saturated carbocycles. The summed E-state index contributed by atoms with van der Waals surface area (Å²) in [5.41, 5.74) is 5.28. The van der Waals surface area contributed by atoms with Crippen molar-refractivity contribution in [3.63, 3.8) is 0 Å². The molecule has 0 aliphatic carbocycles. The van der Waals surface area contributed by atoms with Crippen molar-refractivity contribution >= 4 is 23.1 Å². The van der Waals surface area contributed by atoms with E-state index in [0.717, 1.165) is 60.4 Å². The van der Waals surface area contributed by atoms with Gasteiger partial charge in [0, 0.05) is 41.8 Å². The lowest BCUT2D eigenvalue weighted by Gasteiger charge is -2.32. The molecule has 1 atom stereocenters. The molecule has 8 nitrogen and oxygen atoms in total. The Morgan fingerprint density at radius 1 is 1.02 bits per heavy atom. The molecule has 1 unspecified atom stereocenters. The average Bonchev–Trinajstić information content (AvgIpc) is 3.03. The molecule has 5 rings (SSSR count). The van der Waals surface area contributed by atoms with Crippen molar-refractivity contribution in [2.45, 2.75) is 58.4 Å². The number of anilines is 3. The molecule has 2 N–H and O–H groups in total. The predicted octanol–water partition coefficient (Wildman–Crippen LogP) is 6.96. The maximum absolute atomic E-state index is 13.3. The second-order valence-corrected chi connectivity index (χ2v) is 11.7. The van der Waals surface area contributed by atoms with Crippen LogP contribution in [-0.2, 0) is 13.5 Å². The number of piperidine rings is 1. The lowest BCUT2D eigenvalue weighted by molar-refractivity contribution is 0.102. The molecule has 1 saturated heterocycles. The van der Waals surface area contributed by atoms with Crippen LogP contribution < -0.4 is 20.9 Å².